The summed E-state index contributed by atoms with van der Waals surface area (Å²) in [5, 5.41) is 29.1. The van der Waals surface area contributed by atoms with Crippen molar-refractivity contribution in [2.45, 2.75) is 6.54 Å². The van der Waals surface area contributed by atoms with Crippen LogP contribution in [0.1, 0.15) is 15.9 Å². The van der Waals surface area contributed by atoms with Gasteiger partial charge in [-0.3, -0.25) is 10.1 Å². The van der Waals surface area contributed by atoms with Gasteiger partial charge < -0.3 is 21.1 Å². The molecular formula is C19H19N7O4. The third-order valence-corrected chi connectivity index (χ3v) is 3.99. The van der Waals surface area contributed by atoms with Crippen molar-refractivity contribution in [3.05, 3.63) is 76.1 Å². The highest BCUT2D eigenvalue weighted by Crippen LogP contribution is 2.24. The van der Waals surface area contributed by atoms with Gasteiger partial charge in [0.05, 0.1) is 10.5 Å². The summed E-state index contributed by atoms with van der Waals surface area (Å²) in [6, 6.07) is 12.4. The van der Waals surface area contributed by atoms with Crippen LogP contribution in [0, 0.1) is 10.1 Å². The highest BCUT2D eigenvalue weighted by atomic mass is 16.6. The molecule has 0 radical (unpaired) electrons. The van der Waals surface area contributed by atoms with Gasteiger partial charge in [0.25, 0.3) is 0 Å². The van der Waals surface area contributed by atoms with Crippen LogP contribution in [0.25, 0.3) is 0 Å². The van der Waals surface area contributed by atoms with Crippen molar-refractivity contribution in [1.29, 1.82) is 0 Å². The van der Waals surface area contributed by atoms with E-state index in [4.69, 9.17) is 5.11 Å². The maximum Gasteiger partial charge on any atom is 0.338 e. The molecule has 154 valence electrons. The first-order valence-electron chi connectivity index (χ1n) is 8.99. The average molecular weight is 409 g/mol. The lowest BCUT2D eigenvalue weighted by Gasteiger charge is -2.10. The summed E-state index contributed by atoms with van der Waals surface area (Å²) in [5.41, 5.74) is 0.871. The Kier molecular flexibility index (Phi) is 6.66. The number of carbonyl (C=O) groups is 1. The van der Waals surface area contributed by atoms with Crippen molar-refractivity contribution in [3.63, 3.8) is 0 Å². The van der Waals surface area contributed by atoms with Crippen LogP contribution >= 0.6 is 0 Å². The lowest BCUT2D eigenvalue weighted by atomic mass is 10.2. The molecular weight excluding hydrogens is 390 g/mol. The number of nitro groups is 1. The number of rotatable bonds is 10. The maximum atomic E-state index is 11.3. The Bertz CT molecular complexity index is 1010. The molecule has 11 heteroatoms. The molecule has 0 aliphatic rings. The van der Waals surface area contributed by atoms with Crippen LogP contribution in [0.5, 0.6) is 0 Å². The number of hydrogen-bond acceptors (Lipinski definition) is 9. The first kappa shape index (κ1) is 20.5. The van der Waals surface area contributed by atoms with Gasteiger partial charge in [0.2, 0.25) is 11.8 Å². The van der Waals surface area contributed by atoms with Gasteiger partial charge in [0.15, 0.2) is 0 Å². The fraction of sp³-hybridized carbons (Fsp3) is 0.158. The smallest absolute Gasteiger partial charge is 0.338 e. The summed E-state index contributed by atoms with van der Waals surface area (Å²) in [4.78, 5) is 33.7. The highest BCUT2D eigenvalue weighted by Gasteiger charge is 2.15. The van der Waals surface area contributed by atoms with Gasteiger partial charge in [-0.2, -0.15) is 0 Å². The molecule has 1 aromatic carbocycles. The first-order valence-corrected chi connectivity index (χ1v) is 8.99. The van der Waals surface area contributed by atoms with Crippen LogP contribution in [-0.4, -0.2) is 44.0 Å². The molecule has 0 saturated heterocycles. The number of carboxylic acid groups (broad SMARTS) is 1. The Morgan fingerprint density at radius 1 is 1.00 bits per heavy atom. The summed E-state index contributed by atoms with van der Waals surface area (Å²) in [7, 11) is 0. The van der Waals surface area contributed by atoms with Crippen LogP contribution in [0.2, 0.25) is 0 Å². The minimum absolute atomic E-state index is 0.00397. The molecule has 3 rings (SSSR count). The molecule has 0 saturated carbocycles. The summed E-state index contributed by atoms with van der Waals surface area (Å²) in [5.74, 6) is -0.151. The van der Waals surface area contributed by atoms with Crippen molar-refractivity contribution in [2.24, 2.45) is 0 Å². The van der Waals surface area contributed by atoms with Crippen molar-refractivity contribution in [3.8, 4) is 0 Å². The quantitative estimate of drug-likeness (QED) is 0.223. The van der Waals surface area contributed by atoms with E-state index in [1.807, 2.05) is 30.3 Å². The van der Waals surface area contributed by atoms with Crippen molar-refractivity contribution >= 4 is 29.2 Å². The number of aromatic carboxylic acids is 1. The Morgan fingerprint density at radius 3 is 2.37 bits per heavy atom. The van der Waals surface area contributed by atoms with E-state index in [2.05, 4.69) is 30.9 Å². The van der Waals surface area contributed by atoms with Crippen LogP contribution in [-0.2, 0) is 6.54 Å². The summed E-state index contributed by atoms with van der Waals surface area (Å²) < 4.78 is 0. The Morgan fingerprint density at radius 2 is 1.70 bits per heavy atom. The topological polar surface area (TPSA) is 155 Å². The van der Waals surface area contributed by atoms with E-state index in [1.165, 1.54) is 24.5 Å². The van der Waals surface area contributed by atoms with Gasteiger partial charge in [-0.1, -0.05) is 30.3 Å². The van der Waals surface area contributed by atoms with Gasteiger partial charge in [0, 0.05) is 38.1 Å². The monoisotopic (exact) mass is 409 g/mol. The maximum absolute atomic E-state index is 11.3. The number of pyridine rings is 1. The van der Waals surface area contributed by atoms with E-state index in [0.717, 1.165) is 5.56 Å². The van der Waals surface area contributed by atoms with Crippen molar-refractivity contribution in [2.75, 3.05) is 29.0 Å². The molecule has 0 atom stereocenters. The fourth-order valence-electron chi connectivity index (χ4n) is 2.50. The number of anilines is 3. The Labute approximate surface area is 171 Å². The predicted octanol–water partition coefficient (Wildman–Crippen LogP) is 2.61. The van der Waals surface area contributed by atoms with Crippen molar-refractivity contribution in [1.82, 2.24) is 15.0 Å². The van der Waals surface area contributed by atoms with E-state index in [1.54, 1.807) is 0 Å². The molecule has 0 fully saturated rings. The second-order valence-electron chi connectivity index (χ2n) is 6.11. The number of nitrogens with one attached hydrogen (secondary N) is 3. The lowest BCUT2D eigenvalue weighted by molar-refractivity contribution is -0.384. The zero-order valence-electron chi connectivity index (χ0n) is 15.8. The van der Waals surface area contributed by atoms with E-state index in [9.17, 15) is 14.9 Å². The minimum Gasteiger partial charge on any atom is -0.478 e. The molecule has 2 aromatic heterocycles. The zero-order valence-corrected chi connectivity index (χ0v) is 15.8. The van der Waals surface area contributed by atoms with Gasteiger partial charge >= 0.3 is 11.7 Å². The zero-order chi connectivity index (χ0) is 21.3. The molecule has 30 heavy (non-hydrogen) atoms. The largest absolute Gasteiger partial charge is 0.478 e. The number of nitrogens with zero attached hydrogens (tertiary/aromatic N) is 4. The van der Waals surface area contributed by atoms with Crippen LogP contribution < -0.4 is 16.0 Å². The summed E-state index contributed by atoms with van der Waals surface area (Å²) >= 11 is 0. The molecule has 0 amide bonds. The molecule has 0 aliphatic heterocycles. The molecule has 4 N–H and O–H groups in total. The minimum atomic E-state index is -1.09. The fourth-order valence-corrected chi connectivity index (χ4v) is 2.50. The van der Waals surface area contributed by atoms with E-state index >= 15 is 0 Å². The molecule has 0 aliphatic carbocycles. The van der Waals surface area contributed by atoms with E-state index < -0.39 is 10.9 Å². The number of carboxylic acids is 1. The number of benzene rings is 1. The average Bonchev–Trinajstić information content (AvgIpc) is 2.76. The van der Waals surface area contributed by atoms with E-state index in [-0.39, 0.29) is 17.1 Å². The molecule has 2 heterocycles. The number of hydrogen-bond donors (Lipinski definition) is 4. The molecule has 0 unspecified atom stereocenters. The van der Waals surface area contributed by atoms with Crippen LogP contribution in [0.3, 0.4) is 0 Å². The van der Waals surface area contributed by atoms with Gasteiger partial charge in [-0.25, -0.2) is 19.7 Å². The van der Waals surface area contributed by atoms with Crippen molar-refractivity contribution < 1.29 is 14.8 Å². The van der Waals surface area contributed by atoms with Gasteiger partial charge in [-0.05, 0) is 11.6 Å². The first-order chi connectivity index (χ1) is 14.5. The van der Waals surface area contributed by atoms with Crippen LogP contribution in [0.15, 0.2) is 54.9 Å². The molecule has 11 nitrogen and oxygen atoms in total. The standard InChI is InChI=1S/C19H19N7O4/c27-18(28)14-11-23-19(24-12-14)21-9-8-20-16-7-6-15(26(29)30)17(25-16)22-10-13-4-2-1-3-5-13/h1-7,11-12H,8-10H2,(H,27,28)(H2,20,22,25)(H,21,23,24). The number of aromatic nitrogens is 3. The summed E-state index contributed by atoms with van der Waals surface area (Å²) in [6.45, 7) is 1.27. The molecule has 3 aromatic rings. The SMILES string of the molecule is O=C(O)c1cnc(NCCNc2ccc([N+](=O)[O-])c(NCc3ccccc3)n2)nc1. The molecule has 0 bridgehead atoms. The van der Waals surface area contributed by atoms with Crippen LogP contribution in [0.4, 0.5) is 23.3 Å². The highest BCUT2D eigenvalue weighted by molar-refractivity contribution is 5.86. The van der Waals surface area contributed by atoms with Gasteiger partial charge in [-0.15, -0.1) is 0 Å². The third-order valence-electron chi connectivity index (χ3n) is 3.99. The Balaban J connectivity index is 1.56. The second-order valence-corrected chi connectivity index (χ2v) is 6.11. The lowest BCUT2D eigenvalue weighted by Crippen LogP contribution is -2.16. The molecule has 0 spiro atoms. The Hall–Kier alpha value is -4.28. The summed E-state index contributed by atoms with van der Waals surface area (Å²) in [6.07, 6.45) is 2.43. The second kappa shape index (κ2) is 9.78. The third kappa shape index (κ3) is 5.61. The van der Waals surface area contributed by atoms with E-state index in [0.29, 0.717) is 31.4 Å². The predicted molar refractivity (Wildman–Crippen MR) is 111 cm³/mol. The van der Waals surface area contributed by atoms with Gasteiger partial charge in [0.1, 0.15) is 5.82 Å². The normalized spacial score (nSPS) is 10.3.